The van der Waals surface area contributed by atoms with Crippen LogP contribution in [0, 0.1) is 0 Å². The molecule has 0 saturated heterocycles. The van der Waals surface area contributed by atoms with Gasteiger partial charge in [-0.25, -0.2) is 0 Å². The summed E-state index contributed by atoms with van der Waals surface area (Å²) in [7, 11) is -3.26. The summed E-state index contributed by atoms with van der Waals surface area (Å²) in [6.07, 6.45) is 6.91. The summed E-state index contributed by atoms with van der Waals surface area (Å²) in [5.74, 6) is 0. The molecule has 0 aliphatic carbocycles. The Morgan fingerprint density at radius 3 is 1.55 bits per heavy atom. The van der Waals surface area contributed by atoms with Gasteiger partial charge in [-0.05, 0) is 25.7 Å². The molecule has 0 aromatic rings. The maximum absolute atomic E-state index is 13.2. The van der Waals surface area contributed by atoms with E-state index in [2.05, 4.69) is 27.7 Å². The predicted molar refractivity (Wildman–Crippen MR) is 86.1 cm³/mol. The van der Waals surface area contributed by atoms with E-state index >= 15 is 0 Å². The second-order valence-corrected chi connectivity index (χ2v) is 7.88. The lowest BCUT2D eigenvalue weighted by Gasteiger charge is -2.36. The largest absolute Gasteiger partial charge is 0.350 e. The van der Waals surface area contributed by atoms with Crippen LogP contribution in [0.2, 0.25) is 0 Å². The fourth-order valence-corrected chi connectivity index (χ4v) is 4.54. The SMILES string of the molecule is CCCCOP(=O)(OCCCC)C(N)(CCC)CCC. The second-order valence-electron chi connectivity index (χ2n) is 5.47. The molecule has 0 amide bonds. The van der Waals surface area contributed by atoms with Crippen molar-refractivity contribution in [2.24, 2.45) is 5.73 Å². The first-order valence-corrected chi connectivity index (χ1v) is 9.72. The Morgan fingerprint density at radius 2 is 1.25 bits per heavy atom. The molecule has 0 bridgehead atoms. The third-order valence-corrected chi connectivity index (χ3v) is 6.01. The Balaban J connectivity index is 4.95. The van der Waals surface area contributed by atoms with Crippen molar-refractivity contribution in [3.8, 4) is 0 Å². The molecule has 0 atom stereocenters. The molecule has 0 aromatic carbocycles. The molecule has 0 aliphatic heterocycles. The molecule has 0 rings (SSSR count). The van der Waals surface area contributed by atoms with E-state index < -0.39 is 12.9 Å². The van der Waals surface area contributed by atoms with Crippen molar-refractivity contribution in [3.63, 3.8) is 0 Å². The maximum atomic E-state index is 13.2. The van der Waals surface area contributed by atoms with Crippen LogP contribution in [-0.2, 0) is 13.6 Å². The van der Waals surface area contributed by atoms with E-state index in [0.717, 1.165) is 38.5 Å². The molecule has 0 aliphatic rings. The van der Waals surface area contributed by atoms with Gasteiger partial charge in [-0.1, -0.05) is 53.4 Å². The van der Waals surface area contributed by atoms with Crippen molar-refractivity contribution in [2.45, 2.75) is 84.3 Å². The lowest BCUT2D eigenvalue weighted by molar-refractivity contribution is 0.172. The summed E-state index contributed by atoms with van der Waals surface area (Å²) in [5, 5.41) is -0.835. The van der Waals surface area contributed by atoms with E-state index in [4.69, 9.17) is 14.8 Å². The van der Waals surface area contributed by atoms with Crippen LogP contribution < -0.4 is 5.73 Å². The number of unbranched alkanes of at least 4 members (excludes halogenated alkanes) is 2. The fourth-order valence-electron chi connectivity index (χ4n) is 2.22. The molecule has 0 radical (unpaired) electrons. The van der Waals surface area contributed by atoms with Gasteiger partial charge in [0.15, 0.2) is 0 Å². The van der Waals surface area contributed by atoms with Gasteiger partial charge >= 0.3 is 7.60 Å². The molecule has 0 heterocycles. The molecular weight excluding hydrogens is 273 g/mol. The summed E-state index contributed by atoms with van der Waals surface area (Å²) in [5.41, 5.74) is 6.45. The van der Waals surface area contributed by atoms with E-state index in [1.165, 1.54) is 0 Å². The normalized spacial score (nSPS) is 12.8. The van der Waals surface area contributed by atoms with E-state index in [1.807, 2.05) is 0 Å². The van der Waals surface area contributed by atoms with E-state index in [-0.39, 0.29) is 0 Å². The van der Waals surface area contributed by atoms with Crippen LogP contribution in [-0.4, -0.2) is 18.5 Å². The van der Waals surface area contributed by atoms with Crippen LogP contribution in [0.1, 0.15) is 79.1 Å². The minimum absolute atomic E-state index is 0.465. The Kier molecular flexibility index (Phi) is 10.8. The maximum Gasteiger partial charge on any atom is 0.350 e. The quantitative estimate of drug-likeness (QED) is 0.381. The summed E-state index contributed by atoms with van der Waals surface area (Å²) in [6.45, 7) is 9.21. The molecule has 0 aromatic heterocycles. The molecule has 0 saturated carbocycles. The zero-order valence-electron chi connectivity index (χ0n) is 13.8. The van der Waals surface area contributed by atoms with Crippen LogP contribution >= 0.6 is 7.60 Å². The van der Waals surface area contributed by atoms with Gasteiger partial charge in [0, 0.05) is 0 Å². The third-order valence-electron chi connectivity index (χ3n) is 3.43. The van der Waals surface area contributed by atoms with Crippen LogP contribution in [0.5, 0.6) is 0 Å². The minimum atomic E-state index is -3.26. The predicted octanol–water partition coefficient (Wildman–Crippen LogP) is 5.07. The minimum Gasteiger partial charge on any atom is -0.315 e. The average Bonchev–Trinajstić information content (AvgIpc) is 2.40. The van der Waals surface area contributed by atoms with Crippen LogP contribution in [0.25, 0.3) is 0 Å². The molecule has 4 nitrogen and oxygen atoms in total. The Labute approximate surface area is 125 Å². The summed E-state index contributed by atoms with van der Waals surface area (Å²) >= 11 is 0. The Morgan fingerprint density at radius 1 is 0.850 bits per heavy atom. The smallest absolute Gasteiger partial charge is 0.315 e. The molecule has 2 N–H and O–H groups in total. The van der Waals surface area contributed by atoms with Gasteiger partial charge in [-0.3, -0.25) is 4.57 Å². The number of nitrogens with two attached hydrogens (primary N) is 1. The highest BCUT2D eigenvalue weighted by Crippen LogP contribution is 2.61. The molecular formula is C15H34NO3P. The van der Waals surface area contributed by atoms with Crippen LogP contribution in [0.4, 0.5) is 0 Å². The zero-order chi connectivity index (χ0) is 15.5. The highest BCUT2D eigenvalue weighted by molar-refractivity contribution is 7.55. The van der Waals surface area contributed by atoms with Crippen LogP contribution in [0.3, 0.4) is 0 Å². The van der Waals surface area contributed by atoms with Crippen molar-refractivity contribution in [1.29, 1.82) is 0 Å². The zero-order valence-corrected chi connectivity index (χ0v) is 14.7. The van der Waals surface area contributed by atoms with E-state index in [9.17, 15) is 4.57 Å². The van der Waals surface area contributed by atoms with Crippen molar-refractivity contribution in [1.82, 2.24) is 0 Å². The Hall–Kier alpha value is 0.110. The van der Waals surface area contributed by atoms with Gasteiger partial charge < -0.3 is 14.8 Å². The molecule has 5 heteroatoms. The standard InChI is InChI=1S/C15H34NO3P/c1-5-9-13-18-20(17,19-14-10-6-2)15(16,11-7-3)12-8-4/h5-14,16H2,1-4H3. The number of hydrogen-bond donors (Lipinski definition) is 1. The van der Waals surface area contributed by atoms with Gasteiger partial charge in [-0.15, -0.1) is 0 Å². The lowest BCUT2D eigenvalue weighted by atomic mass is 10.1. The average molecular weight is 307 g/mol. The van der Waals surface area contributed by atoms with Gasteiger partial charge in [0.1, 0.15) is 5.28 Å². The lowest BCUT2D eigenvalue weighted by Crippen LogP contribution is -2.41. The Bertz CT molecular complexity index is 264. The van der Waals surface area contributed by atoms with Crippen molar-refractivity contribution < 1.29 is 13.6 Å². The first-order chi connectivity index (χ1) is 9.49. The van der Waals surface area contributed by atoms with E-state index in [0.29, 0.717) is 26.1 Å². The summed E-state index contributed by atoms with van der Waals surface area (Å²) in [6, 6.07) is 0. The summed E-state index contributed by atoms with van der Waals surface area (Å²) < 4.78 is 24.6. The first-order valence-electron chi connectivity index (χ1n) is 8.17. The molecule has 0 fully saturated rings. The molecule has 0 unspecified atom stereocenters. The van der Waals surface area contributed by atoms with Gasteiger partial charge in [0.2, 0.25) is 0 Å². The van der Waals surface area contributed by atoms with Gasteiger partial charge in [0.25, 0.3) is 0 Å². The molecule has 0 spiro atoms. The van der Waals surface area contributed by atoms with Crippen LogP contribution in [0.15, 0.2) is 0 Å². The highest BCUT2D eigenvalue weighted by atomic mass is 31.2. The number of rotatable bonds is 13. The molecule has 20 heavy (non-hydrogen) atoms. The highest BCUT2D eigenvalue weighted by Gasteiger charge is 2.46. The van der Waals surface area contributed by atoms with E-state index in [1.54, 1.807) is 0 Å². The van der Waals surface area contributed by atoms with Crippen molar-refractivity contribution in [2.75, 3.05) is 13.2 Å². The fraction of sp³-hybridized carbons (Fsp3) is 1.00. The van der Waals surface area contributed by atoms with Gasteiger partial charge in [0.05, 0.1) is 13.2 Å². The van der Waals surface area contributed by atoms with Crippen molar-refractivity contribution >= 4 is 7.60 Å². The monoisotopic (exact) mass is 307 g/mol. The topological polar surface area (TPSA) is 61.5 Å². The molecule has 122 valence electrons. The third kappa shape index (κ3) is 6.26. The van der Waals surface area contributed by atoms with Crippen molar-refractivity contribution in [3.05, 3.63) is 0 Å². The van der Waals surface area contributed by atoms with Gasteiger partial charge in [-0.2, -0.15) is 0 Å². The summed E-state index contributed by atoms with van der Waals surface area (Å²) in [4.78, 5) is 0. The first kappa shape index (κ1) is 20.1. The number of hydrogen-bond acceptors (Lipinski definition) is 4. The second kappa shape index (κ2) is 10.8.